The van der Waals surface area contributed by atoms with E-state index in [-0.39, 0.29) is 17.9 Å². The molecule has 0 fully saturated rings. The molecule has 1 aromatic rings. The van der Waals surface area contributed by atoms with Gasteiger partial charge in [-0.25, -0.2) is 13.1 Å². The van der Waals surface area contributed by atoms with Crippen molar-refractivity contribution in [1.82, 2.24) is 4.72 Å². The van der Waals surface area contributed by atoms with Crippen molar-refractivity contribution in [2.24, 2.45) is 0 Å². The van der Waals surface area contributed by atoms with Crippen LogP contribution in [0.4, 0.5) is 0 Å². The van der Waals surface area contributed by atoms with Crippen LogP contribution in [-0.2, 0) is 16.4 Å². The van der Waals surface area contributed by atoms with Gasteiger partial charge in [0.05, 0.1) is 17.4 Å². The first-order valence-corrected chi connectivity index (χ1v) is 6.54. The van der Waals surface area contributed by atoms with Gasteiger partial charge in [0.1, 0.15) is 0 Å². The maximum atomic E-state index is 11.8. The Kier molecular flexibility index (Phi) is 4.44. The van der Waals surface area contributed by atoms with Gasteiger partial charge in [0.2, 0.25) is 10.0 Å². The van der Waals surface area contributed by atoms with Crippen LogP contribution < -0.4 is 4.72 Å². The summed E-state index contributed by atoms with van der Waals surface area (Å²) in [7, 11) is -3.48. The zero-order chi connectivity index (χ0) is 12.9. The van der Waals surface area contributed by atoms with Gasteiger partial charge in [-0.2, -0.15) is 5.26 Å². The van der Waals surface area contributed by atoms with Gasteiger partial charge in [0.15, 0.2) is 0 Å². The molecule has 0 saturated heterocycles. The Morgan fingerprint density at radius 1 is 1.41 bits per heavy atom. The molecule has 1 rings (SSSR count). The summed E-state index contributed by atoms with van der Waals surface area (Å²) >= 11 is 0. The van der Waals surface area contributed by atoms with Gasteiger partial charge < -0.3 is 0 Å². The van der Waals surface area contributed by atoms with E-state index in [1.807, 2.05) is 6.07 Å². The quantitative estimate of drug-likeness (QED) is 0.807. The number of nitriles is 1. The summed E-state index contributed by atoms with van der Waals surface area (Å²) in [5, 5.41) is 8.50. The van der Waals surface area contributed by atoms with Gasteiger partial charge in [-0.05, 0) is 24.6 Å². The lowest BCUT2D eigenvalue weighted by Gasteiger charge is -2.06. The van der Waals surface area contributed by atoms with Crippen molar-refractivity contribution < 1.29 is 8.42 Å². The molecule has 0 aromatic heterocycles. The number of hydrogen-bond acceptors (Lipinski definition) is 3. The fraction of sp³-hybridized carbons (Fsp3) is 0.250. The Bertz CT molecular complexity index is 539. The molecule has 0 spiro atoms. The van der Waals surface area contributed by atoms with Crippen molar-refractivity contribution in [3.63, 3.8) is 0 Å². The van der Waals surface area contributed by atoms with Crippen LogP contribution in [0.15, 0.2) is 41.3 Å². The number of nitrogens with zero attached hydrogens (tertiary/aromatic N) is 1. The van der Waals surface area contributed by atoms with E-state index in [0.29, 0.717) is 0 Å². The minimum Gasteiger partial charge on any atom is -0.207 e. The maximum Gasteiger partial charge on any atom is 0.240 e. The van der Waals surface area contributed by atoms with Gasteiger partial charge in [-0.1, -0.05) is 24.3 Å². The summed E-state index contributed by atoms with van der Waals surface area (Å²) in [4.78, 5) is 0.195. The highest BCUT2D eigenvalue weighted by Crippen LogP contribution is 2.10. The van der Waals surface area contributed by atoms with E-state index in [4.69, 9.17) is 5.26 Å². The molecule has 0 unspecified atom stereocenters. The van der Waals surface area contributed by atoms with E-state index in [1.54, 1.807) is 19.1 Å². The van der Waals surface area contributed by atoms with Crippen LogP contribution in [0, 0.1) is 11.3 Å². The van der Waals surface area contributed by atoms with Crippen LogP contribution in [0.1, 0.15) is 12.5 Å². The Morgan fingerprint density at radius 3 is 2.47 bits per heavy atom. The van der Waals surface area contributed by atoms with E-state index >= 15 is 0 Å². The summed E-state index contributed by atoms with van der Waals surface area (Å²) in [6, 6.07) is 8.27. The Balaban J connectivity index is 2.85. The van der Waals surface area contributed by atoms with E-state index in [2.05, 4.69) is 11.3 Å². The van der Waals surface area contributed by atoms with Crippen LogP contribution in [0.2, 0.25) is 0 Å². The third-order valence-corrected chi connectivity index (χ3v) is 3.50. The minimum absolute atomic E-state index is 0.195. The first-order valence-electron chi connectivity index (χ1n) is 5.05. The van der Waals surface area contributed by atoms with E-state index < -0.39 is 10.0 Å². The first kappa shape index (κ1) is 13.4. The maximum absolute atomic E-state index is 11.8. The lowest BCUT2D eigenvalue weighted by atomic mass is 10.2. The highest BCUT2D eigenvalue weighted by molar-refractivity contribution is 7.89. The van der Waals surface area contributed by atoms with Crippen LogP contribution in [0.25, 0.3) is 0 Å². The number of rotatable bonds is 5. The molecule has 0 bridgehead atoms. The summed E-state index contributed by atoms with van der Waals surface area (Å²) in [5.41, 5.74) is 1.54. The van der Waals surface area contributed by atoms with Crippen molar-refractivity contribution in [2.75, 3.05) is 6.54 Å². The van der Waals surface area contributed by atoms with Gasteiger partial charge in [0.25, 0.3) is 0 Å². The van der Waals surface area contributed by atoms with Crippen LogP contribution in [0.5, 0.6) is 0 Å². The molecule has 0 aliphatic carbocycles. The van der Waals surface area contributed by atoms with Crippen LogP contribution in [0.3, 0.4) is 0 Å². The van der Waals surface area contributed by atoms with Gasteiger partial charge >= 0.3 is 0 Å². The summed E-state index contributed by atoms with van der Waals surface area (Å²) in [6.07, 6.45) is 0.277. The zero-order valence-corrected chi connectivity index (χ0v) is 10.4. The minimum atomic E-state index is -3.48. The van der Waals surface area contributed by atoms with E-state index in [9.17, 15) is 8.42 Å². The summed E-state index contributed by atoms with van der Waals surface area (Å²) < 4.78 is 26.0. The van der Waals surface area contributed by atoms with Crippen molar-refractivity contribution in [2.45, 2.75) is 18.2 Å². The predicted octanol–water partition coefficient (Wildman–Crippen LogP) is 1.61. The molecule has 0 radical (unpaired) electrons. The third-order valence-electron chi connectivity index (χ3n) is 2.08. The normalized spacial score (nSPS) is 10.8. The molecule has 90 valence electrons. The van der Waals surface area contributed by atoms with Crippen molar-refractivity contribution in [3.05, 3.63) is 42.0 Å². The lowest BCUT2D eigenvalue weighted by molar-refractivity contribution is 0.584. The van der Waals surface area contributed by atoms with Crippen molar-refractivity contribution in [3.8, 4) is 6.07 Å². The summed E-state index contributed by atoms with van der Waals surface area (Å²) in [6.45, 7) is 5.60. The highest BCUT2D eigenvalue weighted by Gasteiger charge is 2.12. The average Bonchev–Trinajstić information content (AvgIpc) is 2.28. The topological polar surface area (TPSA) is 70.0 Å². The highest BCUT2D eigenvalue weighted by atomic mass is 32.2. The molecule has 1 aromatic carbocycles. The standard InChI is InChI=1S/C12H14N2O2S/c1-10(2)9-14-17(15,16)12-5-3-11(4-6-12)7-8-13/h3-6,14H,1,7,9H2,2H3. The van der Waals surface area contributed by atoms with Crippen molar-refractivity contribution in [1.29, 1.82) is 5.26 Å². The molecule has 0 atom stereocenters. The molecule has 5 heteroatoms. The van der Waals surface area contributed by atoms with Gasteiger partial charge in [0, 0.05) is 6.54 Å². The monoisotopic (exact) mass is 250 g/mol. The molecule has 17 heavy (non-hydrogen) atoms. The smallest absolute Gasteiger partial charge is 0.207 e. The van der Waals surface area contributed by atoms with Crippen LogP contribution >= 0.6 is 0 Å². The largest absolute Gasteiger partial charge is 0.240 e. The molecular formula is C12H14N2O2S. The fourth-order valence-corrected chi connectivity index (χ4v) is 2.28. The molecule has 4 nitrogen and oxygen atoms in total. The number of hydrogen-bond donors (Lipinski definition) is 1. The van der Waals surface area contributed by atoms with E-state index in [1.165, 1.54) is 12.1 Å². The second-order valence-electron chi connectivity index (χ2n) is 3.76. The Labute approximate surface area is 102 Å². The van der Waals surface area contributed by atoms with Crippen LogP contribution in [-0.4, -0.2) is 15.0 Å². The fourth-order valence-electron chi connectivity index (χ4n) is 1.18. The predicted molar refractivity (Wildman–Crippen MR) is 65.8 cm³/mol. The molecule has 1 N–H and O–H groups in total. The molecule has 0 aliphatic heterocycles. The van der Waals surface area contributed by atoms with E-state index in [0.717, 1.165) is 11.1 Å². The van der Waals surface area contributed by atoms with Crippen molar-refractivity contribution >= 4 is 10.0 Å². The summed E-state index contributed by atoms with van der Waals surface area (Å²) in [5.74, 6) is 0. The number of sulfonamides is 1. The molecule has 0 saturated carbocycles. The lowest BCUT2D eigenvalue weighted by Crippen LogP contribution is -2.25. The molecule has 0 amide bonds. The molecule has 0 aliphatic rings. The zero-order valence-electron chi connectivity index (χ0n) is 9.60. The molecular weight excluding hydrogens is 236 g/mol. The Hall–Kier alpha value is -1.64. The number of nitrogens with one attached hydrogen (secondary N) is 1. The van der Waals surface area contributed by atoms with Gasteiger partial charge in [-0.15, -0.1) is 0 Å². The Morgan fingerprint density at radius 2 is 2.00 bits per heavy atom. The second-order valence-corrected chi connectivity index (χ2v) is 5.53. The first-order chi connectivity index (χ1) is 7.95. The third kappa shape index (κ3) is 4.02. The SMILES string of the molecule is C=C(C)CNS(=O)(=O)c1ccc(CC#N)cc1. The number of benzene rings is 1. The molecule has 0 heterocycles. The van der Waals surface area contributed by atoms with Gasteiger partial charge in [-0.3, -0.25) is 0 Å². The second kappa shape index (κ2) is 5.62. The average molecular weight is 250 g/mol.